The van der Waals surface area contributed by atoms with Crippen molar-refractivity contribution in [3.63, 3.8) is 0 Å². The van der Waals surface area contributed by atoms with E-state index in [0.29, 0.717) is 0 Å². The summed E-state index contributed by atoms with van der Waals surface area (Å²) in [5, 5.41) is 0. The smallest absolute Gasteiger partial charge is 0.384 e. The Morgan fingerprint density at radius 1 is 1.67 bits per heavy atom. The van der Waals surface area contributed by atoms with Gasteiger partial charge in [0.1, 0.15) is 5.82 Å². The van der Waals surface area contributed by atoms with E-state index in [0.717, 1.165) is 6.07 Å². The number of nitrogens with two attached hydrogens (primary N) is 1. The zero-order valence-corrected chi connectivity index (χ0v) is 8.69. The van der Waals surface area contributed by atoms with Crippen LogP contribution in [0.3, 0.4) is 0 Å². The Morgan fingerprint density at radius 3 is 2.73 bits per heavy atom. The van der Waals surface area contributed by atoms with Gasteiger partial charge in [-0.15, -0.1) is 0 Å². The van der Waals surface area contributed by atoms with Gasteiger partial charge >= 0.3 is 6.18 Å². The molecule has 0 saturated carbocycles. The van der Waals surface area contributed by atoms with Crippen molar-refractivity contribution in [1.29, 1.82) is 0 Å². The van der Waals surface area contributed by atoms with Crippen molar-refractivity contribution in [3.05, 3.63) is 21.8 Å². The number of nitrogens with zero attached hydrogens (tertiary/aromatic N) is 1. The third-order valence-corrected chi connectivity index (χ3v) is 2.31. The van der Waals surface area contributed by atoms with Crippen LogP contribution in [0.1, 0.15) is 25.7 Å². The average Bonchev–Trinajstić information content (AvgIpc) is 2.18. The highest BCUT2D eigenvalue weighted by Crippen LogP contribution is 2.35. The molecule has 1 aromatic rings. The Bertz CT molecular complexity index is 465. The van der Waals surface area contributed by atoms with E-state index in [2.05, 4.69) is 20.9 Å². The van der Waals surface area contributed by atoms with Crippen LogP contribution in [-0.2, 0) is 6.18 Å². The Kier molecular flexibility index (Phi) is 2.32. The van der Waals surface area contributed by atoms with Crippen LogP contribution in [0.4, 0.5) is 19.0 Å². The largest absolute Gasteiger partial charge is 0.434 e. The standard InChI is InChI=1S/C8H6BrF3N2O/c1-3(15)4-2-5(13)14-7(6(4)9)8(10,11)12/h2H,1H3,(H2,13,14)/i1D2. The third-order valence-electron chi connectivity index (χ3n) is 1.51. The first-order chi connectivity index (χ1) is 7.64. The van der Waals surface area contributed by atoms with Crippen LogP contribution in [-0.4, -0.2) is 10.8 Å². The summed E-state index contributed by atoms with van der Waals surface area (Å²) in [5.41, 5.74) is 3.34. The summed E-state index contributed by atoms with van der Waals surface area (Å²) in [5.74, 6) is -1.58. The Balaban J connectivity index is 3.44. The van der Waals surface area contributed by atoms with Crippen LogP contribution in [0.5, 0.6) is 0 Å². The summed E-state index contributed by atoms with van der Waals surface area (Å²) >= 11 is 2.59. The van der Waals surface area contributed by atoms with Gasteiger partial charge in [0.15, 0.2) is 11.5 Å². The number of hydrogen-bond acceptors (Lipinski definition) is 3. The minimum Gasteiger partial charge on any atom is -0.384 e. The molecule has 1 heterocycles. The van der Waals surface area contributed by atoms with Crippen molar-refractivity contribution in [2.24, 2.45) is 0 Å². The second-order valence-electron chi connectivity index (χ2n) is 2.62. The SMILES string of the molecule is [2H]C([2H])C(=O)c1cc(N)nc(C(F)(F)F)c1Br. The van der Waals surface area contributed by atoms with Crippen molar-refractivity contribution in [2.75, 3.05) is 5.73 Å². The number of Topliss-reactive ketones (excluding diaryl/α,β-unsaturated/α-hetero) is 1. The van der Waals surface area contributed by atoms with Crippen LogP contribution in [0.25, 0.3) is 0 Å². The lowest BCUT2D eigenvalue weighted by Gasteiger charge is -2.11. The molecule has 0 unspecified atom stereocenters. The van der Waals surface area contributed by atoms with Crippen molar-refractivity contribution in [1.82, 2.24) is 4.98 Å². The summed E-state index contributed by atoms with van der Waals surface area (Å²) in [4.78, 5) is 14.4. The topological polar surface area (TPSA) is 56.0 Å². The van der Waals surface area contributed by atoms with Crippen LogP contribution in [0, 0.1) is 0 Å². The molecule has 0 saturated heterocycles. The number of rotatable bonds is 1. The molecule has 0 amide bonds. The maximum Gasteiger partial charge on any atom is 0.434 e. The number of nitrogen functional groups attached to an aromatic ring is 1. The summed E-state index contributed by atoms with van der Waals surface area (Å²) < 4.78 is 50.7. The number of pyridine rings is 1. The van der Waals surface area contributed by atoms with E-state index >= 15 is 0 Å². The maximum absolute atomic E-state index is 12.5. The predicted molar refractivity (Wildman–Crippen MR) is 51.4 cm³/mol. The Labute approximate surface area is 94.4 Å². The van der Waals surface area contributed by atoms with Gasteiger partial charge in [-0.05, 0) is 28.9 Å². The van der Waals surface area contributed by atoms with Gasteiger partial charge in [-0.2, -0.15) is 13.2 Å². The first kappa shape index (κ1) is 9.14. The van der Waals surface area contributed by atoms with Gasteiger partial charge in [0, 0.05) is 8.30 Å². The normalized spacial score (nSPS) is 13.7. The number of hydrogen-bond donors (Lipinski definition) is 1. The molecule has 0 bridgehead atoms. The summed E-state index contributed by atoms with van der Waals surface area (Å²) in [7, 11) is 0. The van der Waals surface area contributed by atoms with E-state index in [1.54, 1.807) is 0 Å². The zero-order valence-electron chi connectivity index (χ0n) is 9.10. The van der Waals surface area contributed by atoms with Crippen molar-refractivity contribution in [2.45, 2.75) is 13.1 Å². The second kappa shape index (κ2) is 3.80. The fourth-order valence-corrected chi connectivity index (χ4v) is 1.54. The number of ketones is 1. The van der Waals surface area contributed by atoms with Gasteiger partial charge in [-0.1, -0.05) is 0 Å². The van der Waals surface area contributed by atoms with E-state index in [9.17, 15) is 18.0 Å². The minimum atomic E-state index is -4.78. The van der Waals surface area contributed by atoms with Crippen molar-refractivity contribution in [3.8, 4) is 0 Å². The van der Waals surface area contributed by atoms with E-state index in [-0.39, 0.29) is 0 Å². The van der Waals surface area contributed by atoms with Crippen molar-refractivity contribution >= 4 is 27.5 Å². The van der Waals surface area contributed by atoms with Crippen LogP contribution >= 0.6 is 15.9 Å². The monoisotopic (exact) mass is 284 g/mol. The maximum atomic E-state index is 12.5. The first-order valence-corrected chi connectivity index (χ1v) is 4.35. The second-order valence-corrected chi connectivity index (χ2v) is 3.41. The summed E-state index contributed by atoms with van der Waals surface area (Å²) in [6.45, 7) is -1.92. The van der Waals surface area contributed by atoms with Gasteiger partial charge in [0.2, 0.25) is 0 Å². The molecule has 3 nitrogen and oxygen atoms in total. The molecule has 0 spiro atoms. The number of alkyl halides is 3. The average molecular weight is 285 g/mol. The lowest BCUT2D eigenvalue weighted by Crippen LogP contribution is -2.13. The highest BCUT2D eigenvalue weighted by atomic mass is 79.9. The summed E-state index contributed by atoms with van der Waals surface area (Å²) in [6.07, 6.45) is -4.78. The molecular weight excluding hydrogens is 277 g/mol. The molecule has 0 aliphatic heterocycles. The third kappa shape index (κ3) is 2.47. The Hall–Kier alpha value is -1.11. The van der Waals surface area contributed by atoms with Gasteiger partial charge < -0.3 is 5.73 Å². The number of halogens is 4. The highest BCUT2D eigenvalue weighted by molar-refractivity contribution is 9.10. The number of anilines is 1. The first-order valence-electron chi connectivity index (χ1n) is 4.72. The fraction of sp³-hybridized carbons (Fsp3) is 0.250. The predicted octanol–water partition coefficient (Wildman–Crippen LogP) is 2.65. The van der Waals surface area contributed by atoms with Gasteiger partial charge in [-0.3, -0.25) is 4.79 Å². The zero-order chi connectivity index (χ0) is 13.4. The van der Waals surface area contributed by atoms with E-state index < -0.39 is 40.4 Å². The molecule has 1 rings (SSSR count). The quantitative estimate of drug-likeness (QED) is 0.807. The molecule has 7 heteroatoms. The summed E-state index contributed by atoms with van der Waals surface area (Å²) in [6, 6.07) is 0.901. The van der Waals surface area contributed by atoms with E-state index in [1.165, 1.54) is 0 Å². The van der Waals surface area contributed by atoms with Crippen LogP contribution in [0.15, 0.2) is 10.5 Å². The molecular formula is C8H6BrF3N2O. The molecule has 0 fully saturated rings. The van der Waals surface area contributed by atoms with E-state index in [1.807, 2.05) is 0 Å². The molecule has 2 N–H and O–H groups in total. The Morgan fingerprint density at radius 2 is 2.27 bits per heavy atom. The lowest BCUT2D eigenvalue weighted by molar-refractivity contribution is -0.141. The lowest BCUT2D eigenvalue weighted by atomic mass is 10.1. The number of carbonyl (C=O) groups is 1. The molecule has 15 heavy (non-hydrogen) atoms. The van der Waals surface area contributed by atoms with Crippen molar-refractivity contribution < 1.29 is 20.7 Å². The highest BCUT2D eigenvalue weighted by Gasteiger charge is 2.36. The number of aromatic nitrogens is 1. The number of carbonyl (C=O) groups excluding carboxylic acids is 1. The van der Waals surface area contributed by atoms with Gasteiger partial charge in [0.05, 0.1) is 4.47 Å². The van der Waals surface area contributed by atoms with Gasteiger partial charge in [0.25, 0.3) is 0 Å². The van der Waals surface area contributed by atoms with Crippen LogP contribution in [0.2, 0.25) is 0 Å². The fourth-order valence-electron chi connectivity index (χ4n) is 0.916. The molecule has 0 aliphatic carbocycles. The van der Waals surface area contributed by atoms with Crippen LogP contribution < -0.4 is 5.73 Å². The molecule has 0 atom stereocenters. The molecule has 1 aromatic heterocycles. The van der Waals surface area contributed by atoms with E-state index in [4.69, 9.17) is 8.48 Å². The molecule has 0 aliphatic rings. The molecule has 0 aromatic carbocycles. The molecule has 82 valence electrons. The van der Waals surface area contributed by atoms with Gasteiger partial charge in [-0.25, -0.2) is 4.98 Å². The molecule has 0 radical (unpaired) electrons. The minimum absolute atomic E-state index is 0.472.